The van der Waals surface area contributed by atoms with Crippen LogP contribution in [0.1, 0.15) is 19.5 Å². The van der Waals surface area contributed by atoms with E-state index in [1.807, 2.05) is 18.2 Å². The summed E-state index contributed by atoms with van der Waals surface area (Å²) in [5.74, 6) is 0.0611. The van der Waals surface area contributed by atoms with E-state index in [9.17, 15) is 4.79 Å². The van der Waals surface area contributed by atoms with Gasteiger partial charge in [-0.3, -0.25) is 9.78 Å². The van der Waals surface area contributed by atoms with E-state index in [4.69, 9.17) is 4.74 Å². The van der Waals surface area contributed by atoms with Crippen LogP contribution in [0.3, 0.4) is 0 Å². The molecule has 0 bridgehead atoms. The number of aromatic nitrogens is 1. The van der Waals surface area contributed by atoms with E-state index in [-0.39, 0.29) is 11.9 Å². The maximum atomic E-state index is 10.8. The van der Waals surface area contributed by atoms with E-state index in [0.29, 0.717) is 6.61 Å². The summed E-state index contributed by atoms with van der Waals surface area (Å²) in [6.45, 7) is 3.84. The summed E-state index contributed by atoms with van der Waals surface area (Å²) in [7, 11) is 0. The van der Waals surface area contributed by atoms with Crippen LogP contribution in [0.5, 0.6) is 0 Å². The number of hydrogen-bond donors (Lipinski definition) is 0. The number of carbonyl (C=O) groups is 1. The van der Waals surface area contributed by atoms with Gasteiger partial charge in [0, 0.05) is 18.3 Å². The van der Waals surface area contributed by atoms with Gasteiger partial charge >= 0.3 is 0 Å². The lowest BCUT2D eigenvalue weighted by atomic mass is 10.2. The number of ketones is 1. The van der Waals surface area contributed by atoms with E-state index in [0.717, 1.165) is 12.1 Å². The molecule has 0 aromatic carbocycles. The molecule has 0 saturated carbocycles. The first-order chi connectivity index (χ1) is 6.70. The summed E-state index contributed by atoms with van der Waals surface area (Å²) in [6.07, 6.45) is 2.20. The molecule has 1 heterocycles. The van der Waals surface area contributed by atoms with Gasteiger partial charge in [0.2, 0.25) is 0 Å². The highest BCUT2D eigenvalue weighted by Gasteiger charge is 2.06. The first-order valence-electron chi connectivity index (χ1n) is 4.72. The highest BCUT2D eigenvalue weighted by Crippen LogP contribution is 1.98. The van der Waals surface area contributed by atoms with Crippen molar-refractivity contribution in [1.82, 2.24) is 4.98 Å². The number of hydrogen-bond acceptors (Lipinski definition) is 3. The van der Waals surface area contributed by atoms with Gasteiger partial charge in [-0.25, -0.2) is 0 Å². The molecule has 0 spiro atoms. The first kappa shape index (κ1) is 10.9. The van der Waals surface area contributed by atoms with E-state index in [1.54, 1.807) is 13.1 Å². The molecule has 0 aliphatic rings. The Labute approximate surface area is 84.1 Å². The average Bonchev–Trinajstić information content (AvgIpc) is 2.19. The number of Topliss-reactive ketones (excluding diaryl/α,β-unsaturated/α-hetero) is 1. The van der Waals surface area contributed by atoms with Crippen molar-refractivity contribution in [3.05, 3.63) is 30.1 Å². The summed E-state index contributed by atoms with van der Waals surface area (Å²) in [5.41, 5.74) is 0.989. The lowest BCUT2D eigenvalue weighted by molar-refractivity contribution is -0.127. The van der Waals surface area contributed by atoms with E-state index < -0.39 is 0 Å². The topological polar surface area (TPSA) is 39.2 Å². The van der Waals surface area contributed by atoms with Gasteiger partial charge < -0.3 is 4.74 Å². The summed E-state index contributed by atoms with van der Waals surface area (Å²) in [5, 5.41) is 0. The Morgan fingerprint density at radius 1 is 1.57 bits per heavy atom. The summed E-state index contributed by atoms with van der Waals surface area (Å²) >= 11 is 0. The van der Waals surface area contributed by atoms with Crippen molar-refractivity contribution in [3.8, 4) is 0 Å². The predicted octanol–water partition coefficient (Wildman–Crippen LogP) is 1.62. The van der Waals surface area contributed by atoms with Crippen molar-refractivity contribution in [3.63, 3.8) is 0 Å². The van der Waals surface area contributed by atoms with Gasteiger partial charge in [-0.2, -0.15) is 0 Å². The summed E-state index contributed by atoms with van der Waals surface area (Å²) in [4.78, 5) is 15.0. The molecule has 1 unspecified atom stereocenters. The molecule has 0 amide bonds. The largest absolute Gasteiger partial charge is 0.370 e. The summed E-state index contributed by atoms with van der Waals surface area (Å²) < 4.78 is 5.32. The van der Waals surface area contributed by atoms with Crippen LogP contribution >= 0.6 is 0 Å². The second-order valence-electron chi connectivity index (χ2n) is 3.19. The van der Waals surface area contributed by atoms with Gasteiger partial charge in [-0.05, 0) is 26.0 Å². The van der Waals surface area contributed by atoms with Gasteiger partial charge in [-0.1, -0.05) is 6.07 Å². The van der Waals surface area contributed by atoms with Crippen LogP contribution < -0.4 is 0 Å². The molecule has 0 aliphatic heterocycles. The molecule has 0 N–H and O–H groups in total. The minimum Gasteiger partial charge on any atom is -0.370 e. The van der Waals surface area contributed by atoms with Crippen molar-refractivity contribution >= 4 is 5.78 Å². The Bertz CT molecular complexity index is 285. The number of ether oxygens (including phenoxy) is 1. The Balaban J connectivity index is 2.26. The fourth-order valence-corrected chi connectivity index (χ4v) is 1.00. The molecule has 3 nitrogen and oxygen atoms in total. The van der Waals surface area contributed by atoms with Crippen molar-refractivity contribution in [2.24, 2.45) is 0 Å². The zero-order chi connectivity index (χ0) is 10.4. The molecule has 0 fully saturated rings. The van der Waals surface area contributed by atoms with Crippen molar-refractivity contribution in [2.75, 3.05) is 6.61 Å². The lowest BCUT2D eigenvalue weighted by Gasteiger charge is -2.08. The monoisotopic (exact) mass is 193 g/mol. The quantitative estimate of drug-likeness (QED) is 0.713. The highest BCUT2D eigenvalue weighted by molar-refractivity contribution is 5.79. The maximum Gasteiger partial charge on any atom is 0.158 e. The van der Waals surface area contributed by atoms with Gasteiger partial charge in [0.25, 0.3) is 0 Å². The van der Waals surface area contributed by atoms with Gasteiger partial charge in [0.15, 0.2) is 5.78 Å². The van der Waals surface area contributed by atoms with E-state index >= 15 is 0 Å². The molecule has 1 aromatic heterocycles. The van der Waals surface area contributed by atoms with Gasteiger partial charge in [0.1, 0.15) is 6.10 Å². The van der Waals surface area contributed by atoms with Crippen LogP contribution in [0.2, 0.25) is 0 Å². The Hall–Kier alpha value is -1.22. The number of nitrogens with zero attached hydrogens (tertiary/aromatic N) is 1. The molecule has 0 radical (unpaired) electrons. The molecule has 1 atom stereocenters. The Morgan fingerprint density at radius 3 is 2.93 bits per heavy atom. The SMILES string of the molecule is CC(=O)C(C)OCCc1ccccn1. The number of pyridine rings is 1. The number of carbonyl (C=O) groups excluding carboxylic acids is 1. The Kier molecular flexibility index (Phi) is 4.26. The van der Waals surface area contributed by atoms with E-state index in [1.165, 1.54) is 6.92 Å². The molecule has 76 valence electrons. The normalized spacial score (nSPS) is 12.4. The minimum absolute atomic E-state index is 0.0611. The molecular weight excluding hydrogens is 178 g/mol. The van der Waals surface area contributed by atoms with Crippen LogP contribution in [0.15, 0.2) is 24.4 Å². The second kappa shape index (κ2) is 5.50. The Morgan fingerprint density at radius 2 is 2.36 bits per heavy atom. The second-order valence-corrected chi connectivity index (χ2v) is 3.19. The number of rotatable bonds is 5. The zero-order valence-corrected chi connectivity index (χ0v) is 8.56. The standard InChI is InChI=1S/C11H15NO2/c1-9(13)10(2)14-8-6-11-5-3-4-7-12-11/h3-5,7,10H,6,8H2,1-2H3. The van der Waals surface area contributed by atoms with Crippen LogP contribution in [-0.2, 0) is 16.0 Å². The van der Waals surface area contributed by atoms with Crippen LogP contribution in [0, 0.1) is 0 Å². The molecule has 3 heteroatoms. The summed E-state index contributed by atoms with van der Waals surface area (Å²) in [6, 6.07) is 5.76. The zero-order valence-electron chi connectivity index (χ0n) is 8.56. The highest BCUT2D eigenvalue weighted by atomic mass is 16.5. The van der Waals surface area contributed by atoms with Crippen molar-refractivity contribution in [2.45, 2.75) is 26.4 Å². The third kappa shape index (κ3) is 3.66. The molecular formula is C11H15NO2. The third-order valence-electron chi connectivity index (χ3n) is 2.02. The third-order valence-corrected chi connectivity index (χ3v) is 2.02. The molecule has 0 aliphatic carbocycles. The van der Waals surface area contributed by atoms with E-state index in [2.05, 4.69) is 4.98 Å². The van der Waals surface area contributed by atoms with Crippen molar-refractivity contribution < 1.29 is 9.53 Å². The van der Waals surface area contributed by atoms with Gasteiger partial charge in [0.05, 0.1) is 6.61 Å². The first-order valence-corrected chi connectivity index (χ1v) is 4.72. The average molecular weight is 193 g/mol. The lowest BCUT2D eigenvalue weighted by Crippen LogP contribution is -2.18. The van der Waals surface area contributed by atoms with Crippen LogP contribution in [0.25, 0.3) is 0 Å². The minimum atomic E-state index is -0.307. The fraction of sp³-hybridized carbons (Fsp3) is 0.455. The predicted molar refractivity (Wildman–Crippen MR) is 54.0 cm³/mol. The maximum absolute atomic E-state index is 10.8. The fourth-order valence-electron chi connectivity index (χ4n) is 1.00. The molecule has 1 aromatic rings. The molecule has 14 heavy (non-hydrogen) atoms. The smallest absolute Gasteiger partial charge is 0.158 e. The van der Waals surface area contributed by atoms with Crippen molar-refractivity contribution in [1.29, 1.82) is 0 Å². The van der Waals surface area contributed by atoms with Gasteiger partial charge in [-0.15, -0.1) is 0 Å². The molecule has 1 rings (SSSR count). The molecule has 0 saturated heterocycles. The van der Waals surface area contributed by atoms with Crippen LogP contribution in [0.4, 0.5) is 0 Å². The van der Waals surface area contributed by atoms with Crippen LogP contribution in [-0.4, -0.2) is 23.5 Å².